The number of hydrogen-bond acceptors (Lipinski definition) is 10. The summed E-state index contributed by atoms with van der Waals surface area (Å²) >= 11 is 2.38. The molecular weight excluding hydrogens is 392 g/mol. The van der Waals surface area contributed by atoms with Gasteiger partial charge >= 0.3 is 0 Å². The van der Waals surface area contributed by atoms with Gasteiger partial charge in [-0.05, 0) is 6.07 Å². The molecule has 0 saturated carbocycles. The third-order valence-electron chi connectivity index (χ3n) is 3.22. The van der Waals surface area contributed by atoms with Gasteiger partial charge in [0.15, 0.2) is 0 Å². The van der Waals surface area contributed by atoms with Crippen molar-refractivity contribution in [1.82, 2.24) is 20.4 Å². The minimum atomic E-state index is -0.502. The Morgan fingerprint density at radius 2 is 2.15 bits per heavy atom. The lowest BCUT2D eigenvalue weighted by Crippen LogP contribution is -2.13. The number of rotatable bonds is 7. The molecule has 0 atom stereocenters. The molecule has 12 heteroatoms. The SMILES string of the molecule is CC(C)c1nnc(NC(=O)CSc2nnc(-c3cccc([N+](=O)[O-])c3)o2)s1. The monoisotopic (exact) mass is 406 g/mol. The number of nitro benzene ring substituents is 1. The number of nitrogens with zero attached hydrogens (tertiary/aromatic N) is 5. The van der Waals surface area contributed by atoms with Gasteiger partial charge in [0.1, 0.15) is 5.01 Å². The lowest BCUT2D eigenvalue weighted by Gasteiger charge is -1.98. The van der Waals surface area contributed by atoms with E-state index in [0.29, 0.717) is 10.7 Å². The van der Waals surface area contributed by atoms with E-state index < -0.39 is 4.92 Å². The van der Waals surface area contributed by atoms with Crippen LogP contribution < -0.4 is 5.32 Å². The van der Waals surface area contributed by atoms with Crippen molar-refractivity contribution in [3.63, 3.8) is 0 Å². The Hall–Kier alpha value is -2.86. The van der Waals surface area contributed by atoms with E-state index >= 15 is 0 Å². The van der Waals surface area contributed by atoms with Crippen molar-refractivity contribution in [2.75, 3.05) is 11.1 Å². The molecule has 0 aliphatic rings. The molecule has 0 spiro atoms. The fourth-order valence-corrected chi connectivity index (χ4v) is 3.26. The molecule has 0 aliphatic carbocycles. The topological polar surface area (TPSA) is 137 Å². The molecule has 0 saturated heterocycles. The summed E-state index contributed by atoms with van der Waals surface area (Å²) in [6.07, 6.45) is 0. The van der Waals surface area contributed by atoms with Gasteiger partial charge in [0, 0.05) is 23.6 Å². The number of amides is 1. The number of non-ortho nitro benzene ring substituents is 1. The lowest BCUT2D eigenvalue weighted by atomic mass is 10.2. The highest BCUT2D eigenvalue weighted by Gasteiger charge is 2.15. The van der Waals surface area contributed by atoms with Crippen LogP contribution in [0.15, 0.2) is 33.9 Å². The molecule has 0 radical (unpaired) electrons. The molecular formula is C15H14N6O4S2. The standard InChI is InChI=1S/C15H14N6O4S2/c1-8(2)13-18-19-14(27-13)16-11(22)7-26-15-20-17-12(25-15)9-4-3-5-10(6-9)21(23)24/h3-6,8H,7H2,1-2H3,(H,16,19,22). The number of benzene rings is 1. The molecule has 0 fully saturated rings. The zero-order valence-electron chi connectivity index (χ0n) is 14.3. The Morgan fingerprint density at radius 1 is 1.33 bits per heavy atom. The second kappa shape index (κ2) is 8.22. The fourth-order valence-electron chi connectivity index (χ4n) is 1.94. The van der Waals surface area contributed by atoms with Crippen molar-refractivity contribution in [2.45, 2.75) is 25.0 Å². The first-order chi connectivity index (χ1) is 12.9. The molecule has 0 bridgehead atoms. The number of aromatic nitrogens is 4. The quantitative estimate of drug-likeness (QED) is 0.355. The molecule has 140 valence electrons. The van der Waals surface area contributed by atoms with E-state index in [4.69, 9.17) is 4.42 Å². The average molecular weight is 406 g/mol. The van der Waals surface area contributed by atoms with E-state index in [1.54, 1.807) is 6.07 Å². The lowest BCUT2D eigenvalue weighted by molar-refractivity contribution is -0.384. The molecule has 1 aromatic carbocycles. The van der Waals surface area contributed by atoms with Crippen LogP contribution in [0.25, 0.3) is 11.5 Å². The van der Waals surface area contributed by atoms with E-state index in [0.717, 1.165) is 16.8 Å². The molecule has 1 N–H and O–H groups in total. The second-order valence-corrected chi connectivity index (χ2v) is 7.55. The van der Waals surface area contributed by atoms with Crippen LogP contribution in [-0.2, 0) is 4.79 Å². The summed E-state index contributed by atoms with van der Waals surface area (Å²) in [6, 6.07) is 5.88. The Labute approximate surface area is 161 Å². The van der Waals surface area contributed by atoms with Crippen LogP contribution in [0.1, 0.15) is 24.8 Å². The van der Waals surface area contributed by atoms with Crippen molar-refractivity contribution >= 4 is 39.8 Å². The minimum absolute atomic E-state index is 0.0488. The van der Waals surface area contributed by atoms with Crippen LogP contribution in [-0.4, -0.2) is 37.0 Å². The number of anilines is 1. The Kier molecular flexibility index (Phi) is 5.76. The molecule has 0 aliphatic heterocycles. The Bertz CT molecular complexity index is 971. The number of carbonyl (C=O) groups is 1. The Morgan fingerprint density at radius 3 is 2.85 bits per heavy atom. The highest BCUT2D eigenvalue weighted by Crippen LogP contribution is 2.26. The van der Waals surface area contributed by atoms with Crippen LogP contribution in [0.2, 0.25) is 0 Å². The maximum absolute atomic E-state index is 12.0. The van der Waals surface area contributed by atoms with Gasteiger partial charge in [-0.2, -0.15) is 0 Å². The van der Waals surface area contributed by atoms with Crippen LogP contribution in [0.4, 0.5) is 10.8 Å². The third kappa shape index (κ3) is 4.86. The smallest absolute Gasteiger partial charge is 0.277 e. The summed E-state index contributed by atoms with van der Waals surface area (Å²) in [5, 5.41) is 30.6. The molecule has 3 aromatic rings. The van der Waals surface area contributed by atoms with Gasteiger partial charge in [-0.25, -0.2) is 0 Å². The second-order valence-electron chi connectivity index (χ2n) is 5.62. The number of nitro groups is 1. The third-order valence-corrected chi connectivity index (χ3v) is 5.18. The first kappa shape index (κ1) is 18.9. The van der Waals surface area contributed by atoms with Crippen LogP contribution in [0, 0.1) is 10.1 Å². The predicted molar refractivity (Wildman–Crippen MR) is 99.7 cm³/mol. The van der Waals surface area contributed by atoms with Crippen molar-refractivity contribution in [1.29, 1.82) is 0 Å². The van der Waals surface area contributed by atoms with Crippen molar-refractivity contribution in [3.8, 4) is 11.5 Å². The Balaban J connectivity index is 1.58. The molecule has 0 unspecified atom stereocenters. The molecule has 10 nitrogen and oxygen atoms in total. The van der Waals surface area contributed by atoms with Gasteiger partial charge in [-0.3, -0.25) is 20.2 Å². The summed E-state index contributed by atoms with van der Waals surface area (Å²) in [7, 11) is 0. The first-order valence-corrected chi connectivity index (χ1v) is 9.57. The zero-order chi connectivity index (χ0) is 19.4. The maximum Gasteiger partial charge on any atom is 0.277 e. The number of carbonyl (C=O) groups excluding carboxylic acids is 1. The highest BCUT2D eigenvalue weighted by molar-refractivity contribution is 7.99. The van der Waals surface area contributed by atoms with Crippen molar-refractivity contribution < 1.29 is 14.1 Å². The van der Waals surface area contributed by atoms with Gasteiger partial charge in [0.25, 0.3) is 10.9 Å². The predicted octanol–water partition coefficient (Wildman–Crippen LogP) is 3.35. The van der Waals surface area contributed by atoms with Crippen LogP contribution in [0.3, 0.4) is 0 Å². The molecule has 2 aromatic heterocycles. The number of nitrogens with one attached hydrogen (secondary N) is 1. The molecule has 1 amide bonds. The van der Waals surface area contributed by atoms with Crippen molar-refractivity contribution in [3.05, 3.63) is 39.4 Å². The number of hydrogen-bond donors (Lipinski definition) is 1. The van der Waals surface area contributed by atoms with Gasteiger partial charge in [0.05, 0.1) is 10.7 Å². The minimum Gasteiger partial charge on any atom is -0.411 e. The summed E-state index contributed by atoms with van der Waals surface area (Å²) in [5.74, 6) is 0.162. The fraction of sp³-hybridized carbons (Fsp3) is 0.267. The van der Waals surface area contributed by atoms with Gasteiger partial charge in [0.2, 0.25) is 16.9 Å². The van der Waals surface area contributed by atoms with Crippen LogP contribution in [0.5, 0.6) is 0 Å². The van der Waals surface area contributed by atoms with E-state index in [1.165, 1.54) is 29.5 Å². The van der Waals surface area contributed by atoms with Gasteiger partial charge < -0.3 is 4.42 Å². The summed E-state index contributed by atoms with van der Waals surface area (Å²) in [5.41, 5.74) is 0.361. The molecule has 3 rings (SSSR count). The largest absolute Gasteiger partial charge is 0.411 e. The summed E-state index contributed by atoms with van der Waals surface area (Å²) in [4.78, 5) is 22.3. The van der Waals surface area contributed by atoms with E-state index in [1.807, 2.05) is 13.8 Å². The normalized spacial score (nSPS) is 10.9. The highest BCUT2D eigenvalue weighted by atomic mass is 32.2. The molecule has 2 heterocycles. The number of thioether (sulfide) groups is 1. The van der Waals surface area contributed by atoms with Crippen LogP contribution >= 0.6 is 23.1 Å². The van der Waals surface area contributed by atoms with Gasteiger partial charge in [-0.1, -0.05) is 43.0 Å². The molecule has 27 heavy (non-hydrogen) atoms. The zero-order valence-corrected chi connectivity index (χ0v) is 15.9. The first-order valence-electron chi connectivity index (χ1n) is 7.76. The van der Waals surface area contributed by atoms with E-state index in [9.17, 15) is 14.9 Å². The average Bonchev–Trinajstić information content (AvgIpc) is 3.29. The van der Waals surface area contributed by atoms with Gasteiger partial charge in [-0.15, -0.1) is 20.4 Å². The van der Waals surface area contributed by atoms with E-state index in [2.05, 4.69) is 25.7 Å². The van der Waals surface area contributed by atoms with Crippen molar-refractivity contribution in [2.24, 2.45) is 0 Å². The summed E-state index contributed by atoms with van der Waals surface area (Å²) < 4.78 is 5.45. The maximum atomic E-state index is 12.0. The van der Waals surface area contributed by atoms with E-state index in [-0.39, 0.29) is 34.4 Å². The summed E-state index contributed by atoms with van der Waals surface area (Å²) in [6.45, 7) is 3.99.